The Morgan fingerprint density at radius 1 is 1.11 bits per heavy atom. The Kier molecular flexibility index (Phi) is 8.16. The normalized spacial score (nSPS) is 19.8. The summed E-state index contributed by atoms with van der Waals surface area (Å²) in [5, 5.41) is 5.92. The van der Waals surface area contributed by atoms with Crippen LogP contribution in [0.4, 0.5) is 17.3 Å². The maximum Gasteiger partial charge on any atom is 0.294 e. The predicted octanol–water partition coefficient (Wildman–Crippen LogP) is 3.49. The minimum atomic E-state index is -0.605. The first kappa shape index (κ1) is 26.6. The largest absolute Gasteiger partial charge is 0.447 e. The molecule has 2 aliphatic rings. The van der Waals surface area contributed by atoms with E-state index in [9.17, 15) is 14.4 Å². The van der Waals surface area contributed by atoms with Crippen molar-refractivity contribution < 1.29 is 23.5 Å². The number of ether oxygens (including phenoxy) is 1. The number of rotatable bonds is 5. The second-order valence-corrected chi connectivity index (χ2v) is 9.28. The van der Waals surface area contributed by atoms with E-state index in [0.717, 1.165) is 12.8 Å². The summed E-state index contributed by atoms with van der Waals surface area (Å²) in [5.41, 5.74) is 6.60. The lowest BCUT2D eigenvalue weighted by Crippen LogP contribution is -2.49. The highest BCUT2D eigenvalue weighted by Gasteiger charge is 2.34. The molecule has 3 aromatic heterocycles. The van der Waals surface area contributed by atoms with Crippen LogP contribution in [0, 0.1) is 5.92 Å². The number of hydrogen-bond acceptors (Lipinski definition) is 8. The van der Waals surface area contributed by atoms with E-state index in [1.165, 1.54) is 6.20 Å². The lowest BCUT2D eigenvalue weighted by atomic mass is 9.84. The van der Waals surface area contributed by atoms with Crippen LogP contribution in [0.5, 0.6) is 0 Å². The van der Waals surface area contributed by atoms with Crippen molar-refractivity contribution in [3.05, 3.63) is 41.2 Å². The summed E-state index contributed by atoms with van der Waals surface area (Å²) >= 11 is 5.86. The molecule has 11 nitrogen and oxygen atoms in total. The summed E-state index contributed by atoms with van der Waals surface area (Å²) in [7, 11) is 0. The standard InChI is InChI=1S/C24H25ClN6O5.ClH/c25-14-3-8-18(27-11-14)29-24(34)22-21(20-16(36-22)6-7-17(26)28-20)30-23(33)13-1-4-15(5-2-13)31-9-10-35-12-19(31)32;/h3,6-8,11,13,15H,1-2,4-5,9-10,12H2,(H2,26,28)(H,30,33)(H,27,29,34);1H. The number of nitrogens with two attached hydrogens (primary N) is 1. The van der Waals surface area contributed by atoms with Crippen LogP contribution >= 0.6 is 24.0 Å². The molecule has 1 saturated carbocycles. The summed E-state index contributed by atoms with van der Waals surface area (Å²) < 4.78 is 11.0. The number of nitrogen functional groups attached to an aromatic ring is 1. The van der Waals surface area contributed by atoms with Crippen molar-refractivity contribution in [2.75, 3.05) is 36.1 Å². The van der Waals surface area contributed by atoms with Crippen LogP contribution in [0.3, 0.4) is 0 Å². The van der Waals surface area contributed by atoms with Gasteiger partial charge in [0.2, 0.25) is 17.6 Å². The Labute approximate surface area is 223 Å². The van der Waals surface area contributed by atoms with Gasteiger partial charge >= 0.3 is 0 Å². The number of aromatic nitrogens is 2. The number of hydrogen-bond donors (Lipinski definition) is 3. The molecule has 0 spiro atoms. The molecule has 0 radical (unpaired) electrons. The number of amides is 3. The number of carbonyl (C=O) groups excluding carboxylic acids is 3. The van der Waals surface area contributed by atoms with Gasteiger partial charge in [-0.05, 0) is 49.9 Å². The molecule has 196 valence electrons. The number of fused-ring (bicyclic) bond motifs is 1. The van der Waals surface area contributed by atoms with Gasteiger partial charge in [-0.15, -0.1) is 12.4 Å². The van der Waals surface area contributed by atoms with E-state index in [1.807, 2.05) is 4.90 Å². The molecule has 2 fully saturated rings. The number of carbonyl (C=O) groups is 3. The fourth-order valence-electron chi connectivity index (χ4n) is 4.68. The van der Waals surface area contributed by atoms with Gasteiger partial charge in [-0.3, -0.25) is 14.4 Å². The van der Waals surface area contributed by atoms with Gasteiger partial charge in [-0.2, -0.15) is 0 Å². The molecular formula is C24H26Cl2N6O5. The second kappa shape index (κ2) is 11.3. The van der Waals surface area contributed by atoms with E-state index in [0.29, 0.717) is 36.6 Å². The minimum absolute atomic E-state index is 0. The van der Waals surface area contributed by atoms with E-state index >= 15 is 0 Å². The average molecular weight is 549 g/mol. The van der Waals surface area contributed by atoms with E-state index in [2.05, 4.69) is 20.6 Å². The molecule has 13 heteroatoms. The minimum Gasteiger partial charge on any atom is -0.447 e. The lowest BCUT2D eigenvalue weighted by molar-refractivity contribution is -0.146. The maximum atomic E-state index is 13.2. The summed E-state index contributed by atoms with van der Waals surface area (Å²) in [6.07, 6.45) is 4.07. The number of furan rings is 1. The van der Waals surface area contributed by atoms with Gasteiger partial charge in [0.1, 0.15) is 29.4 Å². The molecule has 0 unspecified atom stereocenters. The number of nitrogens with zero attached hydrogens (tertiary/aromatic N) is 3. The Balaban J connectivity index is 0.00000320. The third kappa shape index (κ3) is 5.79. The van der Waals surface area contributed by atoms with Gasteiger partial charge in [-0.25, -0.2) is 9.97 Å². The second-order valence-electron chi connectivity index (χ2n) is 8.84. The van der Waals surface area contributed by atoms with Gasteiger partial charge in [-0.1, -0.05) is 11.6 Å². The van der Waals surface area contributed by atoms with Crippen molar-refractivity contribution >= 4 is 70.2 Å². The van der Waals surface area contributed by atoms with Gasteiger partial charge in [0.05, 0.1) is 11.6 Å². The van der Waals surface area contributed by atoms with Gasteiger partial charge in [0.15, 0.2) is 5.58 Å². The number of morpholine rings is 1. The highest BCUT2D eigenvalue weighted by molar-refractivity contribution is 6.30. The number of halogens is 2. The predicted molar refractivity (Wildman–Crippen MR) is 140 cm³/mol. The SMILES string of the molecule is Cl.Nc1ccc2oc(C(=O)Nc3ccc(Cl)cn3)c(NC(=O)C3CCC(N4CCOCC4=O)CC3)c2n1. The molecule has 0 bridgehead atoms. The van der Waals surface area contributed by atoms with Crippen molar-refractivity contribution in [2.45, 2.75) is 31.7 Å². The Hall–Kier alpha value is -3.41. The van der Waals surface area contributed by atoms with Crippen molar-refractivity contribution in [2.24, 2.45) is 5.92 Å². The summed E-state index contributed by atoms with van der Waals surface area (Å²) in [6, 6.07) is 6.39. The first-order chi connectivity index (χ1) is 17.4. The fourth-order valence-corrected chi connectivity index (χ4v) is 4.79. The lowest BCUT2D eigenvalue weighted by Gasteiger charge is -2.38. The maximum absolute atomic E-state index is 13.2. The Morgan fingerprint density at radius 2 is 1.89 bits per heavy atom. The van der Waals surface area contributed by atoms with E-state index in [-0.39, 0.29) is 71.4 Å². The van der Waals surface area contributed by atoms with Crippen LogP contribution in [-0.4, -0.2) is 58.4 Å². The summed E-state index contributed by atoms with van der Waals surface area (Å²) in [5.74, 6) is -0.753. The monoisotopic (exact) mass is 548 g/mol. The van der Waals surface area contributed by atoms with Crippen molar-refractivity contribution in [3.63, 3.8) is 0 Å². The van der Waals surface area contributed by atoms with Crippen molar-refractivity contribution in [3.8, 4) is 0 Å². The fraction of sp³-hybridized carbons (Fsp3) is 0.375. The molecule has 0 aromatic carbocycles. The number of nitrogens with one attached hydrogen (secondary N) is 2. The molecule has 5 rings (SSSR count). The highest BCUT2D eigenvalue weighted by Crippen LogP contribution is 2.34. The first-order valence-electron chi connectivity index (χ1n) is 11.7. The zero-order valence-corrected chi connectivity index (χ0v) is 21.3. The molecule has 1 saturated heterocycles. The quantitative estimate of drug-likeness (QED) is 0.437. The van der Waals surface area contributed by atoms with Crippen LogP contribution in [0.2, 0.25) is 5.02 Å². The number of anilines is 3. The zero-order valence-electron chi connectivity index (χ0n) is 19.7. The molecule has 3 aromatic rings. The van der Waals surface area contributed by atoms with E-state index in [4.69, 9.17) is 26.5 Å². The molecule has 3 amide bonds. The average Bonchev–Trinajstić information content (AvgIpc) is 3.23. The van der Waals surface area contributed by atoms with Crippen LogP contribution in [0.1, 0.15) is 36.2 Å². The number of pyridine rings is 2. The van der Waals surface area contributed by atoms with Crippen LogP contribution in [0.25, 0.3) is 11.1 Å². The van der Waals surface area contributed by atoms with Crippen molar-refractivity contribution in [1.29, 1.82) is 0 Å². The molecule has 37 heavy (non-hydrogen) atoms. The van der Waals surface area contributed by atoms with E-state index < -0.39 is 5.91 Å². The van der Waals surface area contributed by atoms with Gasteiger partial charge in [0.25, 0.3) is 5.91 Å². The van der Waals surface area contributed by atoms with E-state index in [1.54, 1.807) is 24.3 Å². The zero-order chi connectivity index (χ0) is 25.2. The molecule has 1 aliphatic carbocycles. The third-order valence-electron chi connectivity index (χ3n) is 6.51. The van der Waals surface area contributed by atoms with Gasteiger partial charge < -0.3 is 30.4 Å². The topological polar surface area (TPSA) is 153 Å². The van der Waals surface area contributed by atoms with Crippen LogP contribution in [0.15, 0.2) is 34.9 Å². The molecule has 4 heterocycles. The molecule has 4 N–H and O–H groups in total. The smallest absolute Gasteiger partial charge is 0.294 e. The third-order valence-corrected chi connectivity index (χ3v) is 6.73. The molecule has 1 aliphatic heterocycles. The Morgan fingerprint density at radius 3 is 2.59 bits per heavy atom. The van der Waals surface area contributed by atoms with Gasteiger partial charge in [0, 0.05) is 24.7 Å². The van der Waals surface area contributed by atoms with Crippen LogP contribution in [-0.2, 0) is 14.3 Å². The summed E-state index contributed by atoms with van der Waals surface area (Å²) in [4.78, 5) is 48.7. The molecule has 0 atom stereocenters. The Bertz CT molecular complexity index is 1310. The van der Waals surface area contributed by atoms with Crippen LogP contribution < -0.4 is 16.4 Å². The van der Waals surface area contributed by atoms with Crippen molar-refractivity contribution in [1.82, 2.24) is 14.9 Å². The molecular weight excluding hydrogens is 523 g/mol. The highest BCUT2D eigenvalue weighted by atomic mass is 35.5. The summed E-state index contributed by atoms with van der Waals surface area (Å²) in [6.45, 7) is 1.22. The first-order valence-corrected chi connectivity index (χ1v) is 12.1.